The number of nitrogens with two attached hydrogens (primary N) is 1. The Kier molecular flexibility index (Phi) is 4.54. The molecule has 3 N–H and O–H groups in total. The van der Waals surface area contributed by atoms with E-state index in [0.717, 1.165) is 25.0 Å². The van der Waals surface area contributed by atoms with Crippen molar-refractivity contribution in [3.05, 3.63) is 11.4 Å². The summed E-state index contributed by atoms with van der Waals surface area (Å²) < 4.78 is 0. The summed E-state index contributed by atoms with van der Waals surface area (Å²) in [6.45, 7) is 6.12. The van der Waals surface area contributed by atoms with Crippen LogP contribution in [0, 0.1) is 0 Å². The Morgan fingerprint density at radius 2 is 2.00 bits per heavy atom. The van der Waals surface area contributed by atoms with Gasteiger partial charge in [-0.25, -0.2) is 0 Å². The van der Waals surface area contributed by atoms with Crippen molar-refractivity contribution in [2.24, 2.45) is 0 Å². The maximum atomic E-state index is 12.2. The Bertz CT molecular complexity index is 382. The highest BCUT2D eigenvalue weighted by Gasteiger charge is 2.23. The fourth-order valence-corrected chi connectivity index (χ4v) is 1.99. The number of H-pyrrole nitrogens is 1. The van der Waals surface area contributed by atoms with Crippen molar-refractivity contribution in [3.63, 3.8) is 0 Å². The second kappa shape index (κ2) is 5.70. The summed E-state index contributed by atoms with van der Waals surface area (Å²) in [5.41, 5.74) is 7.55. The molecule has 0 saturated carbocycles. The number of aromatic nitrogens is 2. The summed E-state index contributed by atoms with van der Waals surface area (Å²) in [5.74, 6) is -0.104. The van der Waals surface area contributed by atoms with E-state index in [1.54, 1.807) is 11.9 Å². The van der Waals surface area contributed by atoms with Gasteiger partial charge in [0, 0.05) is 13.1 Å². The van der Waals surface area contributed by atoms with Crippen LogP contribution in [0.2, 0.25) is 0 Å². The number of aryl methyl sites for hydroxylation is 1. The van der Waals surface area contributed by atoms with Crippen molar-refractivity contribution in [3.8, 4) is 0 Å². The first-order valence-electron chi connectivity index (χ1n) is 6.16. The van der Waals surface area contributed by atoms with Crippen LogP contribution < -0.4 is 5.73 Å². The molecule has 0 aromatic carbocycles. The standard InChI is InChI=1S/C12H22N4O/c1-5-8(6-2)16(4)12(17)11-10(13)9(7-3)14-15-11/h8H,5-7,13H2,1-4H3,(H,14,15). The molecule has 0 radical (unpaired) electrons. The highest BCUT2D eigenvalue weighted by molar-refractivity contribution is 5.97. The molecule has 17 heavy (non-hydrogen) atoms. The van der Waals surface area contributed by atoms with Gasteiger partial charge in [0.2, 0.25) is 0 Å². The Morgan fingerprint density at radius 1 is 1.41 bits per heavy atom. The maximum absolute atomic E-state index is 12.2. The quantitative estimate of drug-likeness (QED) is 0.821. The second-order valence-corrected chi connectivity index (χ2v) is 4.20. The van der Waals surface area contributed by atoms with Gasteiger partial charge in [-0.05, 0) is 19.3 Å². The smallest absolute Gasteiger partial charge is 0.276 e. The molecule has 1 rings (SSSR count). The van der Waals surface area contributed by atoms with Crippen molar-refractivity contribution in [2.75, 3.05) is 12.8 Å². The summed E-state index contributed by atoms with van der Waals surface area (Å²) in [5, 5.41) is 6.83. The number of nitrogens with one attached hydrogen (secondary N) is 1. The van der Waals surface area contributed by atoms with E-state index in [0.29, 0.717) is 11.4 Å². The summed E-state index contributed by atoms with van der Waals surface area (Å²) in [7, 11) is 1.81. The van der Waals surface area contributed by atoms with Crippen LogP contribution in [0.3, 0.4) is 0 Å². The number of nitrogens with zero attached hydrogens (tertiary/aromatic N) is 2. The molecule has 0 aliphatic rings. The molecule has 0 unspecified atom stereocenters. The molecule has 1 aromatic heterocycles. The van der Waals surface area contributed by atoms with E-state index in [-0.39, 0.29) is 11.9 Å². The lowest BCUT2D eigenvalue weighted by Gasteiger charge is -2.25. The number of hydrogen-bond donors (Lipinski definition) is 2. The zero-order valence-electron chi connectivity index (χ0n) is 11.1. The van der Waals surface area contributed by atoms with Crippen LogP contribution in [0.25, 0.3) is 0 Å². The SMILES string of the molecule is CCc1[nH]nc(C(=O)N(C)C(CC)CC)c1N. The number of hydrogen-bond acceptors (Lipinski definition) is 3. The Labute approximate surface area is 102 Å². The monoisotopic (exact) mass is 238 g/mol. The van der Waals surface area contributed by atoms with Crippen molar-refractivity contribution in [1.29, 1.82) is 0 Å². The first kappa shape index (κ1) is 13.5. The molecular weight excluding hydrogens is 216 g/mol. The maximum Gasteiger partial charge on any atom is 0.276 e. The number of anilines is 1. The lowest BCUT2D eigenvalue weighted by molar-refractivity contribution is 0.0719. The van der Waals surface area contributed by atoms with E-state index in [1.165, 1.54) is 0 Å². The van der Waals surface area contributed by atoms with Crippen LogP contribution in [0.1, 0.15) is 49.8 Å². The van der Waals surface area contributed by atoms with Gasteiger partial charge in [-0.3, -0.25) is 9.89 Å². The predicted molar refractivity (Wildman–Crippen MR) is 68.8 cm³/mol. The lowest BCUT2D eigenvalue weighted by atomic mass is 10.1. The molecule has 1 amide bonds. The third kappa shape index (κ3) is 2.60. The molecule has 0 fully saturated rings. The molecule has 0 atom stereocenters. The third-order valence-corrected chi connectivity index (χ3v) is 3.25. The van der Waals surface area contributed by atoms with Gasteiger partial charge in [-0.15, -0.1) is 0 Å². The van der Waals surface area contributed by atoms with Gasteiger partial charge in [0.25, 0.3) is 5.91 Å². The molecule has 96 valence electrons. The van der Waals surface area contributed by atoms with Gasteiger partial charge >= 0.3 is 0 Å². The van der Waals surface area contributed by atoms with E-state index in [4.69, 9.17) is 5.73 Å². The number of nitrogen functional groups attached to an aromatic ring is 1. The summed E-state index contributed by atoms with van der Waals surface area (Å²) >= 11 is 0. The van der Waals surface area contributed by atoms with Crippen LogP contribution in [-0.2, 0) is 6.42 Å². The summed E-state index contributed by atoms with van der Waals surface area (Å²) in [6.07, 6.45) is 2.62. The fraction of sp³-hybridized carbons (Fsp3) is 0.667. The Morgan fingerprint density at radius 3 is 2.41 bits per heavy atom. The fourth-order valence-electron chi connectivity index (χ4n) is 1.99. The number of carbonyl (C=O) groups is 1. The van der Waals surface area contributed by atoms with Crippen LogP contribution in [0.5, 0.6) is 0 Å². The second-order valence-electron chi connectivity index (χ2n) is 4.20. The summed E-state index contributed by atoms with van der Waals surface area (Å²) in [6, 6.07) is 0.240. The topological polar surface area (TPSA) is 75.0 Å². The zero-order valence-corrected chi connectivity index (χ0v) is 11.1. The van der Waals surface area contributed by atoms with Gasteiger partial charge in [0.1, 0.15) is 0 Å². The highest BCUT2D eigenvalue weighted by Crippen LogP contribution is 2.18. The molecule has 5 heteroatoms. The molecule has 1 heterocycles. The van der Waals surface area contributed by atoms with E-state index in [2.05, 4.69) is 24.0 Å². The number of carbonyl (C=O) groups excluding carboxylic acids is 1. The van der Waals surface area contributed by atoms with Crippen molar-refractivity contribution in [1.82, 2.24) is 15.1 Å². The first-order valence-corrected chi connectivity index (χ1v) is 6.16. The molecule has 0 bridgehead atoms. The molecule has 0 aliphatic heterocycles. The molecule has 0 spiro atoms. The van der Waals surface area contributed by atoms with Gasteiger partial charge in [-0.1, -0.05) is 20.8 Å². The van der Waals surface area contributed by atoms with Gasteiger partial charge < -0.3 is 10.6 Å². The molecular formula is C12H22N4O. The average Bonchev–Trinajstić information content (AvgIpc) is 2.70. The Balaban J connectivity index is 2.92. The zero-order chi connectivity index (χ0) is 13.0. The largest absolute Gasteiger partial charge is 0.395 e. The number of rotatable bonds is 5. The van der Waals surface area contributed by atoms with Gasteiger partial charge in [0.05, 0.1) is 11.4 Å². The molecule has 1 aromatic rings. The van der Waals surface area contributed by atoms with E-state index in [9.17, 15) is 4.79 Å². The molecule has 0 aliphatic carbocycles. The Hall–Kier alpha value is -1.52. The van der Waals surface area contributed by atoms with Crippen LogP contribution in [-0.4, -0.2) is 34.1 Å². The van der Waals surface area contributed by atoms with Gasteiger partial charge in [-0.2, -0.15) is 5.10 Å². The van der Waals surface area contributed by atoms with E-state index < -0.39 is 0 Å². The normalized spacial score (nSPS) is 10.9. The van der Waals surface area contributed by atoms with Crippen molar-refractivity contribution >= 4 is 11.6 Å². The van der Waals surface area contributed by atoms with Crippen molar-refractivity contribution in [2.45, 2.75) is 46.1 Å². The average molecular weight is 238 g/mol. The third-order valence-electron chi connectivity index (χ3n) is 3.25. The molecule has 5 nitrogen and oxygen atoms in total. The number of amides is 1. The van der Waals surface area contributed by atoms with Gasteiger partial charge in [0.15, 0.2) is 5.69 Å². The first-order chi connectivity index (χ1) is 8.06. The minimum absolute atomic E-state index is 0.104. The molecule has 0 saturated heterocycles. The lowest BCUT2D eigenvalue weighted by Crippen LogP contribution is -2.36. The van der Waals surface area contributed by atoms with E-state index >= 15 is 0 Å². The van der Waals surface area contributed by atoms with Crippen LogP contribution in [0.4, 0.5) is 5.69 Å². The van der Waals surface area contributed by atoms with Crippen molar-refractivity contribution < 1.29 is 4.79 Å². The minimum atomic E-state index is -0.104. The summed E-state index contributed by atoms with van der Waals surface area (Å²) in [4.78, 5) is 13.9. The number of aromatic amines is 1. The predicted octanol–water partition coefficient (Wildman–Crippen LogP) is 1.81. The minimum Gasteiger partial charge on any atom is -0.395 e. The van der Waals surface area contributed by atoms with Crippen LogP contribution in [0.15, 0.2) is 0 Å². The van der Waals surface area contributed by atoms with E-state index in [1.807, 2.05) is 6.92 Å². The highest BCUT2D eigenvalue weighted by atomic mass is 16.2. The van der Waals surface area contributed by atoms with Crippen LogP contribution >= 0.6 is 0 Å².